The van der Waals surface area contributed by atoms with Crippen LogP contribution in [-0.2, 0) is 39.2 Å². The van der Waals surface area contributed by atoms with Crippen molar-refractivity contribution >= 4 is 65.6 Å². The van der Waals surface area contributed by atoms with Crippen LogP contribution in [0.4, 0.5) is 17.1 Å². The van der Waals surface area contributed by atoms with Gasteiger partial charge in [0.2, 0.25) is 17.7 Å². The zero-order valence-corrected chi connectivity index (χ0v) is 26.4. The Labute approximate surface area is 265 Å². The number of anilines is 3. The van der Waals surface area contributed by atoms with E-state index in [0.29, 0.717) is 11.4 Å². The summed E-state index contributed by atoms with van der Waals surface area (Å²) >= 11 is 0. The summed E-state index contributed by atoms with van der Waals surface area (Å²) in [5, 5.41) is 3.02. The maximum absolute atomic E-state index is 13.9. The maximum atomic E-state index is 13.9. The summed E-state index contributed by atoms with van der Waals surface area (Å²) in [5.41, 5.74) is 11.3. The molecule has 5 N–H and O–H groups in total. The number of fused-ring (bicyclic) bond motifs is 1. The second-order valence-corrected chi connectivity index (χ2v) is 13.5. The highest BCUT2D eigenvalue weighted by Gasteiger charge is 2.32. The predicted octanol–water partition coefficient (Wildman–Crippen LogP) is 1.79. The van der Waals surface area contributed by atoms with Crippen LogP contribution in [0.25, 0.3) is 10.8 Å². The van der Waals surface area contributed by atoms with E-state index in [-0.39, 0.29) is 38.5 Å². The van der Waals surface area contributed by atoms with Crippen LogP contribution in [0, 0.1) is 0 Å². The predicted molar refractivity (Wildman–Crippen MR) is 171 cm³/mol. The van der Waals surface area contributed by atoms with Crippen LogP contribution in [-0.4, -0.2) is 68.5 Å². The van der Waals surface area contributed by atoms with Gasteiger partial charge in [-0.25, -0.2) is 16.8 Å². The minimum Gasteiger partial charge on any atom is -0.497 e. The summed E-state index contributed by atoms with van der Waals surface area (Å²) in [7, 11) is -6.04. The maximum Gasteiger partial charge on any atom is 0.264 e. The molecule has 0 saturated carbocycles. The number of sulfonamides is 2. The largest absolute Gasteiger partial charge is 0.497 e. The molecular weight excluding hydrogens is 638 g/mol. The monoisotopic (exact) mass is 669 g/mol. The number of ether oxygens (including phenoxy) is 2. The van der Waals surface area contributed by atoms with Crippen molar-refractivity contribution in [1.29, 1.82) is 0 Å². The molecule has 14 nitrogen and oxygen atoms in total. The molecule has 0 aliphatic carbocycles. The van der Waals surface area contributed by atoms with Gasteiger partial charge in [0.25, 0.3) is 20.0 Å². The Balaban J connectivity index is 1.85. The zero-order chi connectivity index (χ0) is 33.6. The molecule has 0 aromatic heterocycles. The van der Waals surface area contributed by atoms with Gasteiger partial charge in [-0.1, -0.05) is 24.3 Å². The first kappa shape index (κ1) is 33.7. The van der Waals surface area contributed by atoms with Crippen LogP contribution in [0.15, 0.2) is 94.7 Å². The highest BCUT2D eigenvalue weighted by molar-refractivity contribution is 7.93. The number of amides is 3. The molecule has 0 bridgehead atoms. The normalized spacial score (nSPS) is 11.5. The minimum absolute atomic E-state index is 0.0106. The van der Waals surface area contributed by atoms with Crippen LogP contribution in [0.2, 0.25) is 0 Å². The first-order valence-corrected chi connectivity index (χ1v) is 16.3. The van der Waals surface area contributed by atoms with Crippen molar-refractivity contribution in [3.8, 4) is 5.75 Å². The molecule has 3 amide bonds. The van der Waals surface area contributed by atoms with Gasteiger partial charge in [-0.05, 0) is 60.7 Å². The Hall–Kier alpha value is -5.19. The van der Waals surface area contributed by atoms with Gasteiger partial charge in [0.1, 0.15) is 25.4 Å². The standard InChI is InChI=1S/C30H31N5O9S2/c1-43-19-30(38)33-20-7-11-22(12-8-20)45(39,40)34(17-28(31)36)26-15-16-27(25-6-4-3-5-24(25)26)35(18-29(32)37)46(41,42)23-13-9-21(44-2)10-14-23/h3-16H,17-19H2,1-2H3,(H2,31,36)(H2,32,37)(H,33,38). The number of nitrogens with one attached hydrogen (secondary N) is 1. The van der Waals surface area contributed by atoms with E-state index < -0.39 is 50.9 Å². The molecule has 0 radical (unpaired) electrons. The van der Waals surface area contributed by atoms with Crippen LogP contribution in [0.1, 0.15) is 0 Å². The summed E-state index contributed by atoms with van der Waals surface area (Å²) in [6.07, 6.45) is 0. The number of nitrogens with zero attached hydrogens (tertiary/aromatic N) is 2. The molecule has 0 heterocycles. The van der Waals surface area contributed by atoms with Gasteiger partial charge >= 0.3 is 0 Å². The molecule has 16 heteroatoms. The topological polar surface area (TPSA) is 208 Å². The third kappa shape index (κ3) is 7.20. The molecule has 0 saturated heterocycles. The minimum atomic E-state index is -4.45. The smallest absolute Gasteiger partial charge is 0.264 e. The molecule has 4 aromatic rings. The molecule has 0 atom stereocenters. The lowest BCUT2D eigenvalue weighted by molar-refractivity contribution is -0.119. The SMILES string of the molecule is COCC(=O)Nc1ccc(S(=O)(=O)N(CC(N)=O)c2ccc(N(CC(N)=O)S(=O)(=O)c3ccc(OC)cc3)c3ccccc23)cc1. The number of hydrogen-bond donors (Lipinski definition) is 3. The average molecular weight is 670 g/mol. The summed E-state index contributed by atoms with van der Waals surface area (Å²) in [6, 6.07) is 19.7. The molecule has 46 heavy (non-hydrogen) atoms. The number of nitrogens with two attached hydrogens (primary N) is 2. The number of rotatable bonds is 14. The van der Waals surface area contributed by atoms with E-state index in [2.05, 4.69) is 5.32 Å². The van der Waals surface area contributed by atoms with Gasteiger partial charge in [0.15, 0.2) is 0 Å². The third-order valence-electron chi connectivity index (χ3n) is 6.66. The molecule has 4 rings (SSSR count). The first-order chi connectivity index (χ1) is 21.8. The molecule has 4 aromatic carbocycles. The lowest BCUT2D eigenvalue weighted by Gasteiger charge is -2.28. The first-order valence-electron chi connectivity index (χ1n) is 13.5. The van der Waals surface area contributed by atoms with Gasteiger partial charge in [0, 0.05) is 23.6 Å². The van der Waals surface area contributed by atoms with Crippen molar-refractivity contribution in [1.82, 2.24) is 0 Å². The van der Waals surface area contributed by atoms with Gasteiger partial charge in [-0.2, -0.15) is 0 Å². The van der Waals surface area contributed by atoms with Gasteiger partial charge in [-0.3, -0.25) is 23.0 Å². The molecule has 0 aliphatic rings. The quantitative estimate of drug-likeness (QED) is 0.179. The van der Waals surface area contributed by atoms with Crippen molar-refractivity contribution in [3.05, 3.63) is 84.9 Å². The highest BCUT2D eigenvalue weighted by Crippen LogP contribution is 2.38. The fraction of sp³-hybridized carbons (Fsp3) is 0.167. The fourth-order valence-electron chi connectivity index (χ4n) is 4.63. The lowest BCUT2D eigenvalue weighted by atomic mass is 10.1. The Bertz CT molecular complexity index is 1980. The summed E-state index contributed by atoms with van der Waals surface area (Å²) < 4.78 is 67.1. The van der Waals surface area contributed by atoms with Gasteiger partial charge in [0.05, 0.1) is 28.3 Å². The second-order valence-electron chi connectivity index (χ2n) is 9.79. The van der Waals surface area contributed by atoms with E-state index in [4.69, 9.17) is 20.9 Å². The lowest BCUT2D eigenvalue weighted by Crippen LogP contribution is -2.39. The molecule has 0 spiro atoms. The Morgan fingerprint density at radius 3 is 1.50 bits per heavy atom. The van der Waals surface area contributed by atoms with E-state index in [1.165, 1.54) is 87.0 Å². The number of primary amides is 2. The van der Waals surface area contributed by atoms with Crippen LogP contribution >= 0.6 is 0 Å². The number of methoxy groups -OCH3 is 2. The Morgan fingerprint density at radius 2 is 1.11 bits per heavy atom. The molecular formula is C30H31N5O9S2. The summed E-state index contributed by atoms with van der Waals surface area (Å²) in [6.45, 7) is -1.69. The van der Waals surface area contributed by atoms with Crippen LogP contribution in [0.3, 0.4) is 0 Å². The summed E-state index contributed by atoms with van der Waals surface area (Å²) in [4.78, 5) is 35.8. The number of hydrogen-bond acceptors (Lipinski definition) is 9. The molecule has 0 unspecified atom stereocenters. The van der Waals surface area contributed by atoms with Gasteiger partial charge < -0.3 is 26.3 Å². The summed E-state index contributed by atoms with van der Waals surface area (Å²) in [5.74, 6) is -1.93. The van der Waals surface area contributed by atoms with Gasteiger partial charge in [-0.15, -0.1) is 0 Å². The number of carbonyl (C=O) groups is 3. The zero-order valence-electron chi connectivity index (χ0n) is 24.7. The van der Waals surface area contributed by atoms with Crippen molar-refractivity contribution in [2.75, 3.05) is 47.8 Å². The van der Waals surface area contributed by atoms with Crippen LogP contribution < -0.4 is 30.1 Å². The van der Waals surface area contributed by atoms with Crippen molar-refractivity contribution in [2.24, 2.45) is 11.5 Å². The van der Waals surface area contributed by atoms with Crippen molar-refractivity contribution in [2.45, 2.75) is 9.79 Å². The highest BCUT2D eigenvalue weighted by atomic mass is 32.2. The van der Waals surface area contributed by atoms with E-state index in [0.717, 1.165) is 8.61 Å². The van der Waals surface area contributed by atoms with Crippen molar-refractivity contribution < 1.29 is 40.7 Å². The van der Waals surface area contributed by atoms with Crippen molar-refractivity contribution in [3.63, 3.8) is 0 Å². The molecule has 0 fully saturated rings. The van der Waals surface area contributed by atoms with Crippen LogP contribution in [0.5, 0.6) is 5.75 Å². The second kappa shape index (κ2) is 13.8. The fourth-order valence-corrected chi connectivity index (χ4v) is 7.52. The number of carbonyl (C=O) groups excluding carboxylic acids is 3. The van der Waals surface area contributed by atoms with E-state index in [1.54, 1.807) is 12.1 Å². The molecule has 0 aliphatic heterocycles. The van der Waals surface area contributed by atoms with E-state index in [1.807, 2.05) is 0 Å². The van der Waals surface area contributed by atoms with E-state index in [9.17, 15) is 31.2 Å². The number of benzene rings is 4. The van der Waals surface area contributed by atoms with E-state index >= 15 is 0 Å². The Morgan fingerprint density at radius 1 is 0.674 bits per heavy atom. The Kier molecular flexibility index (Phi) is 10.1. The molecule has 242 valence electrons. The average Bonchev–Trinajstić information content (AvgIpc) is 3.02. The third-order valence-corrected chi connectivity index (χ3v) is 10.2.